The van der Waals surface area contributed by atoms with Crippen LogP contribution in [0.2, 0.25) is 0 Å². The molecule has 2 nitrogen and oxygen atoms in total. The molecule has 0 radical (unpaired) electrons. The van der Waals surface area contributed by atoms with Gasteiger partial charge in [0.05, 0.1) is 5.56 Å². The summed E-state index contributed by atoms with van der Waals surface area (Å²) in [6.45, 7) is 0. The molecule has 1 aliphatic carbocycles. The molecule has 0 atom stereocenters. The molecular formula is C10H10F3NO. The molecule has 5 heteroatoms. The zero-order valence-electron chi connectivity index (χ0n) is 7.86. The largest absolute Gasteiger partial charge is 0.505 e. The first-order chi connectivity index (χ1) is 6.96. The summed E-state index contributed by atoms with van der Waals surface area (Å²) in [4.78, 5) is 0. The second kappa shape index (κ2) is 3.13. The third kappa shape index (κ3) is 1.38. The summed E-state index contributed by atoms with van der Waals surface area (Å²) < 4.78 is 39.7. The fourth-order valence-corrected chi connectivity index (χ4v) is 1.84. The van der Waals surface area contributed by atoms with E-state index in [1.165, 1.54) is 0 Å². The molecule has 1 saturated carbocycles. The molecule has 0 amide bonds. The molecule has 0 bridgehead atoms. The molecule has 0 aromatic heterocycles. The number of benzene rings is 1. The average Bonchev–Trinajstić information content (AvgIpc) is 2.12. The Hall–Kier alpha value is -1.23. The van der Waals surface area contributed by atoms with Gasteiger partial charge in [-0.2, -0.15) is 0 Å². The topological polar surface area (TPSA) is 46.2 Å². The second-order valence-electron chi connectivity index (χ2n) is 3.89. The molecule has 1 aromatic rings. The Morgan fingerprint density at radius 3 is 2.27 bits per heavy atom. The van der Waals surface area contributed by atoms with E-state index in [-0.39, 0.29) is 0 Å². The van der Waals surface area contributed by atoms with Gasteiger partial charge in [-0.1, -0.05) is 0 Å². The number of aromatic hydroxyl groups is 1. The van der Waals surface area contributed by atoms with Crippen molar-refractivity contribution in [2.24, 2.45) is 5.73 Å². The summed E-state index contributed by atoms with van der Waals surface area (Å²) in [5.74, 6) is -4.63. The highest BCUT2D eigenvalue weighted by molar-refractivity contribution is 5.38. The summed E-state index contributed by atoms with van der Waals surface area (Å²) >= 11 is 0. The molecule has 1 aliphatic rings. The normalized spacial score (nSPS) is 18.7. The fraction of sp³-hybridized carbons (Fsp3) is 0.400. The minimum Gasteiger partial charge on any atom is -0.505 e. The van der Waals surface area contributed by atoms with Crippen LogP contribution >= 0.6 is 0 Å². The van der Waals surface area contributed by atoms with E-state index in [1.54, 1.807) is 0 Å². The Labute approximate surface area is 84.5 Å². The number of phenolic OH excluding ortho intramolecular Hbond substituents is 1. The van der Waals surface area contributed by atoms with Crippen LogP contribution in [0.1, 0.15) is 24.8 Å². The van der Waals surface area contributed by atoms with Gasteiger partial charge in [0.2, 0.25) is 0 Å². The van der Waals surface area contributed by atoms with Crippen molar-refractivity contribution in [3.63, 3.8) is 0 Å². The maximum absolute atomic E-state index is 13.4. The zero-order chi connectivity index (χ0) is 11.2. The van der Waals surface area contributed by atoms with Crippen LogP contribution in [0.4, 0.5) is 13.2 Å². The van der Waals surface area contributed by atoms with Crippen molar-refractivity contribution in [1.29, 1.82) is 0 Å². The highest BCUT2D eigenvalue weighted by Crippen LogP contribution is 2.43. The molecule has 3 N–H and O–H groups in total. The van der Waals surface area contributed by atoms with E-state index in [0.29, 0.717) is 18.9 Å². The Morgan fingerprint density at radius 2 is 1.80 bits per heavy atom. The van der Waals surface area contributed by atoms with Crippen LogP contribution in [0.15, 0.2) is 6.07 Å². The average molecular weight is 217 g/mol. The second-order valence-corrected chi connectivity index (χ2v) is 3.89. The molecular weight excluding hydrogens is 207 g/mol. The maximum Gasteiger partial charge on any atom is 0.172 e. The predicted molar refractivity (Wildman–Crippen MR) is 47.7 cm³/mol. The molecule has 82 valence electrons. The highest BCUT2D eigenvalue weighted by atomic mass is 19.2. The lowest BCUT2D eigenvalue weighted by Crippen LogP contribution is -2.45. The third-order valence-electron chi connectivity index (χ3n) is 2.88. The Morgan fingerprint density at radius 1 is 1.20 bits per heavy atom. The van der Waals surface area contributed by atoms with Gasteiger partial charge in [0.25, 0.3) is 0 Å². The first-order valence-electron chi connectivity index (χ1n) is 4.61. The Kier molecular flexibility index (Phi) is 2.15. The number of rotatable bonds is 1. The molecule has 0 aliphatic heterocycles. The molecule has 2 rings (SSSR count). The van der Waals surface area contributed by atoms with E-state index < -0.39 is 34.3 Å². The van der Waals surface area contributed by atoms with Crippen molar-refractivity contribution in [3.05, 3.63) is 29.1 Å². The number of phenols is 1. The van der Waals surface area contributed by atoms with Gasteiger partial charge in [0.15, 0.2) is 23.2 Å². The van der Waals surface area contributed by atoms with Crippen LogP contribution in [-0.2, 0) is 5.54 Å². The van der Waals surface area contributed by atoms with Gasteiger partial charge >= 0.3 is 0 Å². The molecule has 0 spiro atoms. The van der Waals surface area contributed by atoms with E-state index in [1.807, 2.05) is 0 Å². The number of nitrogens with two attached hydrogens (primary N) is 1. The minimum absolute atomic E-state index is 0.393. The predicted octanol–water partition coefficient (Wildman–Crippen LogP) is 2.15. The highest BCUT2D eigenvalue weighted by Gasteiger charge is 2.41. The van der Waals surface area contributed by atoms with Gasteiger partial charge in [0, 0.05) is 11.6 Å². The first-order valence-corrected chi connectivity index (χ1v) is 4.61. The van der Waals surface area contributed by atoms with Crippen molar-refractivity contribution in [3.8, 4) is 5.75 Å². The van der Waals surface area contributed by atoms with Crippen LogP contribution in [0.3, 0.4) is 0 Å². The number of halogens is 3. The van der Waals surface area contributed by atoms with Crippen molar-refractivity contribution in [2.45, 2.75) is 24.8 Å². The lowest BCUT2D eigenvalue weighted by Gasteiger charge is -2.38. The van der Waals surface area contributed by atoms with E-state index in [9.17, 15) is 13.2 Å². The number of hydrogen-bond donors (Lipinski definition) is 2. The van der Waals surface area contributed by atoms with Crippen molar-refractivity contribution in [2.75, 3.05) is 0 Å². The minimum atomic E-state index is -1.30. The molecule has 0 saturated heterocycles. The zero-order valence-corrected chi connectivity index (χ0v) is 7.86. The summed E-state index contributed by atoms with van der Waals surface area (Å²) in [6.07, 6.45) is 1.53. The van der Waals surface area contributed by atoms with Crippen LogP contribution in [0, 0.1) is 17.5 Å². The third-order valence-corrected chi connectivity index (χ3v) is 2.88. The van der Waals surface area contributed by atoms with Gasteiger partial charge in [-0.3, -0.25) is 0 Å². The van der Waals surface area contributed by atoms with Gasteiger partial charge in [-0.15, -0.1) is 0 Å². The summed E-state index contributed by atoms with van der Waals surface area (Å²) in [6, 6.07) is 0.413. The quantitative estimate of drug-likeness (QED) is 0.708. The number of hydrogen-bond acceptors (Lipinski definition) is 2. The van der Waals surface area contributed by atoms with Crippen molar-refractivity contribution >= 4 is 0 Å². The van der Waals surface area contributed by atoms with Crippen LogP contribution < -0.4 is 5.73 Å². The van der Waals surface area contributed by atoms with Gasteiger partial charge in [0.1, 0.15) is 0 Å². The molecule has 0 unspecified atom stereocenters. The van der Waals surface area contributed by atoms with Crippen molar-refractivity contribution < 1.29 is 18.3 Å². The monoisotopic (exact) mass is 217 g/mol. The summed E-state index contributed by atoms with van der Waals surface area (Å²) in [7, 11) is 0. The van der Waals surface area contributed by atoms with E-state index in [2.05, 4.69) is 0 Å². The van der Waals surface area contributed by atoms with E-state index in [0.717, 1.165) is 6.42 Å². The maximum atomic E-state index is 13.4. The van der Waals surface area contributed by atoms with Gasteiger partial charge in [-0.05, 0) is 19.3 Å². The van der Waals surface area contributed by atoms with Gasteiger partial charge in [-0.25, -0.2) is 13.2 Å². The lowest BCUT2D eigenvalue weighted by atomic mass is 9.72. The Bertz CT molecular complexity index is 389. The lowest BCUT2D eigenvalue weighted by molar-refractivity contribution is 0.229. The van der Waals surface area contributed by atoms with Crippen molar-refractivity contribution in [1.82, 2.24) is 0 Å². The summed E-state index contributed by atoms with van der Waals surface area (Å²) in [5.41, 5.74) is 4.00. The Balaban J connectivity index is 2.63. The standard InChI is InChI=1S/C10H10F3NO/c11-5-4-6(15)9(13)7(8(5)12)10(14)2-1-3-10/h4,15H,1-3,14H2. The molecule has 15 heavy (non-hydrogen) atoms. The van der Waals surface area contributed by atoms with Gasteiger partial charge < -0.3 is 10.8 Å². The SMILES string of the molecule is NC1(c2c(F)c(O)cc(F)c2F)CCC1. The van der Waals surface area contributed by atoms with E-state index >= 15 is 0 Å². The van der Waals surface area contributed by atoms with E-state index in [4.69, 9.17) is 10.8 Å². The molecule has 1 aromatic carbocycles. The first kappa shape index (κ1) is 10.3. The van der Waals surface area contributed by atoms with Crippen LogP contribution in [0.5, 0.6) is 5.75 Å². The van der Waals surface area contributed by atoms with Crippen LogP contribution in [-0.4, -0.2) is 5.11 Å². The molecule has 0 heterocycles. The van der Waals surface area contributed by atoms with Crippen LogP contribution in [0.25, 0.3) is 0 Å². The molecule has 1 fully saturated rings. The smallest absolute Gasteiger partial charge is 0.172 e. The summed E-state index contributed by atoms with van der Waals surface area (Å²) in [5, 5.41) is 9.05. The fourth-order valence-electron chi connectivity index (χ4n) is 1.84.